The third kappa shape index (κ3) is 2.03. The van der Waals surface area contributed by atoms with Gasteiger partial charge in [0.15, 0.2) is 0 Å². The predicted molar refractivity (Wildman–Crippen MR) is 73.2 cm³/mol. The first-order valence-electron chi connectivity index (χ1n) is 7.03. The molecule has 0 spiro atoms. The lowest BCUT2D eigenvalue weighted by Gasteiger charge is -2.42. The minimum atomic E-state index is -0.382. The Bertz CT molecular complexity index is 544. The normalized spacial score (nSPS) is 25.8. The molecule has 3 rings (SSSR count). The maximum absolute atomic E-state index is 12.3. The average molecular weight is 274 g/mol. The molecule has 1 saturated heterocycles. The van der Waals surface area contributed by atoms with Crippen LogP contribution in [0.1, 0.15) is 31.4 Å². The van der Waals surface area contributed by atoms with Crippen molar-refractivity contribution in [3.8, 4) is 5.75 Å². The van der Waals surface area contributed by atoms with Crippen LogP contribution in [0.2, 0.25) is 0 Å². The number of nitrogens with one attached hydrogen (secondary N) is 1. The summed E-state index contributed by atoms with van der Waals surface area (Å²) in [5.74, 6) is 0.742. The average Bonchev–Trinajstić information content (AvgIpc) is 2.49. The fourth-order valence-corrected chi connectivity index (χ4v) is 3.06. The van der Waals surface area contributed by atoms with Crippen LogP contribution in [-0.2, 0) is 9.59 Å². The summed E-state index contributed by atoms with van der Waals surface area (Å²) in [6.07, 6.45) is 1.35. The van der Waals surface area contributed by atoms with Crippen LogP contribution in [0.4, 0.5) is 0 Å². The van der Waals surface area contributed by atoms with E-state index in [0.717, 1.165) is 17.7 Å². The number of para-hydroxylation sites is 1. The van der Waals surface area contributed by atoms with Crippen molar-refractivity contribution in [1.82, 2.24) is 10.2 Å². The Balaban J connectivity index is 1.99. The van der Waals surface area contributed by atoms with Crippen LogP contribution >= 0.6 is 0 Å². The number of nitrogens with zero attached hydrogens (tertiary/aromatic N) is 1. The molecule has 2 heterocycles. The van der Waals surface area contributed by atoms with E-state index in [9.17, 15) is 9.59 Å². The molecule has 1 N–H and O–H groups in total. The standard InChI is InChI=1S/C15H18N2O3/c1-2-11-15(19)16-9-14(18)17(11)12-7-8-20-13-6-4-3-5-10(12)13/h3-6,11-12H,2,7-9H2,1H3,(H,16,19). The third-order valence-corrected chi connectivity index (χ3v) is 3.99. The highest BCUT2D eigenvalue weighted by molar-refractivity contribution is 5.95. The SMILES string of the molecule is CCC1C(=O)NCC(=O)N1C1CCOc2ccccc21. The maximum Gasteiger partial charge on any atom is 0.243 e. The largest absolute Gasteiger partial charge is 0.493 e. The highest BCUT2D eigenvalue weighted by Gasteiger charge is 2.40. The molecule has 2 atom stereocenters. The van der Waals surface area contributed by atoms with Crippen LogP contribution in [0.15, 0.2) is 24.3 Å². The molecule has 20 heavy (non-hydrogen) atoms. The van der Waals surface area contributed by atoms with Gasteiger partial charge in [-0.3, -0.25) is 9.59 Å². The Labute approximate surface area is 117 Å². The van der Waals surface area contributed by atoms with E-state index in [0.29, 0.717) is 13.0 Å². The van der Waals surface area contributed by atoms with Gasteiger partial charge < -0.3 is 15.0 Å². The summed E-state index contributed by atoms with van der Waals surface area (Å²) in [7, 11) is 0. The van der Waals surface area contributed by atoms with Crippen LogP contribution in [0.3, 0.4) is 0 Å². The fourth-order valence-electron chi connectivity index (χ4n) is 3.06. The number of piperazine rings is 1. The van der Waals surface area contributed by atoms with Gasteiger partial charge in [-0.05, 0) is 12.5 Å². The second kappa shape index (κ2) is 5.15. The van der Waals surface area contributed by atoms with Crippen molar-refractivity contribution in [1.29, 1.82) is 0 Å². The summed E-state index contributed by atoms with van der Waals surface area (Å²) < 4.78 is 5.64. The van der Waals surface area contributed by atoms with Gasteiger partial charge in [-0.1, -0.05) is 25.1 Å². The highest BCUT2D eigenvalue weighted by atomic mass is 16.5. The van der Waals surface area contributed by atoms with Crippen molar-refractivity contribution in [2.24, 2.45) is 0 Å². The Morgan fingerprint density at radius 2 is 2.15 bits per heavy atom. The molecule has 1 fully saturated rings. The summed E-state index contributed by atoms with van der Waals surface area (Å²) in [4.78, 5) is 26.0. The fraction of sp³-hybridized carbons (Fsp3) is 0.467. The zero-order chi connectivity index (χ0) is 14.1. The molecule has 106 valence electrons. The van der Waals surface area contributed by atoms with Gasteiger partial charge in [-0.2, -0.15) is 0 Å². The number of carbonyl (C=O) groups is 2. The summed E-state index contributed by atoms with van der Waals surface area (Å²) in [6.45, 7) is 2.60. The lowest BCUT2D eigenvalue weighted by atomic mass is 9.95. The van der Waals surface area contributed by atoms with E-state index >= 15 is 0 Å². The first kappa shape index (κ1) is 13.0. The summed E-state index contributed by atoms with van der Waals surface area (Å²) in [5.41, 5.74) is 1.00. The molecule has 0 aromatic heterocycles. The van der Waals surface area contributed by atoms with E-state index < -0.39 is 0 Å². The number of rotatable bonds is 2. The van der Waals surface area contributed by atoms with Gasteiger partial charge in [0.2, 0.25) is 11.8 Å². The van der Waals surface area contributed by atoms with E-state index in [1.165, 1.54) is 0 Å². The molecule has 0 radical (unpaired) electrons. The summed E-state index contributed by atoms with van der Waals surface area (Å²) in [6, 6.07) is 7.30. The van der Waals surface area contributed by atoms with Crippen LogP contribution in [-0.4, -0.2) is 35.9 Å². The van der Waals surface area contributed by atoms with Gasteiger partial charge in [0.25, 0.3) is 0 Å². The van der Waals surface area contributed by atoms with Crippen molar-refractivity contribution < 1.29 is 14.3 Å². The van der Waals surface area contributed by atoms with Gasteiger partial charge in [0.1, 0.15) is 11.8 Å². The molecule has 5 heteroatoms. The minimum Gasteiger partial charge on any atom is -0.493 e. The first-order valence-corrected chi connectivity index (χ1v) is 7.03. The van der Waals surface area contributed by atoms with Crippen LogP contribution in [0, 0.1) is 0 Å². The molecule has 2 unspecified atom stereocenters. The zero-order valence-corrected chi connectivity index (χ0v) is 11.5. The summed E-state index contributed by atoms with van der Waals surface area (Å²) >= 11 is 0. The Morgan fingerprint density at radius 3 is 2.95 bits per heavy atom. The number of carbonyl (C=O) groups excluding carboxylic acids is 2. The van der Waals surface area contributed by atoms with Crippen LogP contribution in [0.5, 0.6) is 5.75 Å². The molecular formula is C15H18N2O3. The molecular weight excluding hydrogens is 256 g/mol. The zero-order valence-electron chi connectivity index (χ0n) is 11.5. The molecule has 0 saturated carbocycles. The van der Waals surface area contributed by atoms with Gasteiger partial charge in [-0.25, -0.2) is 0 Å². The van der Waals surface area contributed by atoms with Crippen LogP contribution in [0.25, 0.3) is 0 Å². The molecule has 0 bridgehead atoms. The van der Waals surface area contributed by atoms with E-state index in [2.05, 4.69) is 5.32 Å². The number of amides is 2. The van der Waals surface area contributed by atoms with Crippen molar-refractivity contribution in [3.05, 3.63) is 29.8 Å². The molecule has 1 aromatic carbocycles. The monoisotopic (exact) mass is 274 g/mol. The molecule has 0 aliphatic carbocycles. The minimum absolute atomic E-state index is 0.0156. The Morgan fingerprint density at radius 1 is 1.35 bits per heavy atom. The molecule has 2 aliphatic rings. The molecule has 5 nitrogen and oxygen atoms in total. The lowest BCUT2D eigenvalue weighted by molar-refractivity contribution is -0.149. The number of fused-ring (bicyclic) bond motifs is 1. The highest BCUT2D eigenvalue weighted by Crippen LogP contribution is 2.37. The molecule has 2 amide bonds. The Hall–Kier alpha value is -2.04. The van der Waals surface area contributed by atoms with E-state index in [1.54, 1.807) is 4.90 Å². The number of hydrogen-bond acceptors (Lipinski definition) is 3. The smallest absolute Gasteiger partial charge is 0.243 e. The topological polar surface area (TPSA) is 58.6 Å². The van der Waals surface area contributed by atoms with Gasteiger partial charge in [-0.15, -0.1) is 0 Å². The van der Waals surface area contributed by atoms with E-state index in [-0.39, 0.29) is 30.4 Å². The van der Waals surface area contributed by atoms with Crippen LogP contribution < -0.4 is 10.1 Å². The number of ether oxygens (including phenoxy) is 1. The van der Waals surface area contributed by atoms with E-state index in [1.807, 2.05) is 31.2 Å². The van der Waals surface area contributed by atoms with Crippen molar-refractivity contribution in [2.45, 2.75) is 31.8 Å². The van der Waals surface area contributed by atoms with Crippen molar-refractivity contribution in [3.63, 3.8) is 0 Å². The van der Waals surface area contributed by atoms with Crippen molar-refractivity contribution >= 4 is 11.8 Å². The second-order valence-electron chi connectivity index (χ2n) is 5.13. The van der Waals surface area contributed by atoms with Gasteiger partial charge >= 0.3 is 0 Å². The first-order chi connectivity index (χ1) is 9.72. The van der Waals surface area contributed by atoms with Crippen molar-refractivity contribution in [2.75, 3.05) is 13.2 Å². The van der Waals surface area contributed by atoms with Gasteiger partial charge in [0.05, 0.1) is 19.2 Å². The lowest BCUT2D eigenvalue weighted by Crippen LogP contribution is -2.59. The maximum atomic E-state index is 12.3. The Kier molecular flexibility index (Phi) is 3.34. The summed E-state index contributed by atoms with van der Waals surface area (Å²) in [5, 5.41) is 2.66. The van der Waals surface area contributed by atoms with E-state index in [4.69, 9.17) is 4.74 Å². The third-order valence-electron chi connectivity index (χ3n) is 3.99. The quantitative estimate of drug-likeness (QED) is 0.883. The number of benzene rings is 1. The van der Waals surface area contributed by atoms with Gasteiger partial charge in [0, 0.05) is 12.0 Å². The number of hydrogen-bond donors (Lipinski definition) is 1. The molecule has 1 aromatic rings. The predicted octanol–water partition coefficient (Wildman–Crippen LogP) is 1.25. The molecule has 2 aliphatic heterocycles. The second-order valence-corrected chi connectivity index (χ2v) is 5.13.